The zero-order valence-electron chi connectivity index (χ0n) is 12.3. The number of nitrogens with two attached hydrogens (primary N) is 1. The summed E-state index contributed by atoms with van der Waals surface area (Å²) in [5.74, 6) is 0.739. The van der Waals surface area contributed by atoms with Crippen LogP contribution in [0, 0.1) is 0 Å². The normalized spacial score (nSPS) is 20.0. The SMILES string of the molecule is Nc1conc1C1CC(Cc2ccccc2)c2ccccc21. The van der Waals surface area contributed by atoms with Gasteiger partial charge in [0.15, 0.2) is 0 Å². The predicted molar refractivity (Wildman–Crippen MR) is 86.7 cm³/mol. The van der Waals surface area contributed by atoms with E-state index in [1.807, 2.05) is 0 Å². The number of hydrogen-bond acceptors (Lipinski definition) is 3. The first-order chi connectivity index (χ1) is 10.8. The smallest absolute Gasteiger partial charge is 0.147 e. The number of rotatable bonds is 3. The highest BCUT2D eigenvalue weighted by molar-refractivity contribution is 5.51. The third kappa shape index (κ3) is 2.19. The fourth-order valence-electron chi connectivity index (χ4n) is 3.61. The highest BCUT2D eigenvalue weighted by Crippen LogP contribution is 2.47. The van der Waals surface area contributed by atoms with E-state index in [0.717, 1.165) is 18.5 Å². The van der Waals surface area contributed by atoms with E-state index in [-0.39, 0.29) is 5.92 Å². The van der Waals surface area contributed by atoms with Crippen molar-refractivity contribution in [3.05, 3.63) is 83.2 Å². The molecule has 0 saturated carbocycles. The molecular weight excluding hydrogens is 272 g/mol. The van der Waals surface area contributed by atoms with Gasteiger partial charge in [-0.05, 0) is 35.4 Å². The van der Waals surface area contributed by atoms with Crippen LogP contribution in [-0.2, 0) is 6.42 Å². The molecule has 3 aromatic rings. The molecule has 4 rings (SSSR count). The Balaban J connectivity index is 1.70. The second-order valence-corrected chi connectivity index (χ2v) is 5.96. The second-order valence-electron chi connectivity index (χ2n) is 5.96. The number of fused-ring (bicyclic) bond motifs is 1. The molecule has 1 heterocycles. The van der Waals surface area contributed by atoms with Crippen LogP contribution < -0.4 is 5.73 Å². The fraction of sp³-hybridized carbons (Fsp3) is 0.211. The average molecular weight is 290 g/mol. The van der Waals surface area contributed by atoms with Crippen LogP contribution in [0.4, 0.5) is 5.69 Å². The minimum absolute atomic E-state index is 0.240. The molecule has 1 aliphatic carbocycles. The summed E-state index contributed by atoms with van der Waals surface area (Å²) in [6.45, 7) is 0. The largest absolute Gasteiger partial charge is 0.395 e. The Labute approximate surface area is 129 Å². The molecule has 0 saturated heterocycles. The number of benzene rings is 2. The lowest BCUT2D eigenvalue weighted by Crippen LogP contribution is -2.02. The van der Waals surface area contributed by atoms with E-state index in [4.69, 9.17) is 10.3 Å². The summed E-state index contributed by atoms with van der Waals surface area (Å²) in [7, 11) is 0. The summed E-state index contributed by atoms with van der Waals surface area (Å²) in [4.78, 5) is 0. The molecule has 0 fully saturated rings. The van der Waals surface area contributed by atoms with Crippen LogP contribution in [0.3, 0.4) is 0 Å². The van der Waals surface area contributed by atoms with Gasteiger partial charge in [0, 0.05) is 5.92 Å². The Morgan fingerprint density at radius 1 is 1.00 bits per heavy atom. The first-order valence-electron chi connectivity index (χ1n) is 7.65. The summed E-state index contributed by atoms with van der Waals surface area (Å²) in [6, 6.07) is 19.3. The van der Waals surface area contributed by atoms with Crippen molar-refractivity contribution < 1.29 is 4.52 Å². The lowest BCUT2D eigenvalue weighted by atomic mass is 9.93. The lowest BCUT2D eigenvalue weighted by Gasteiger charge is -2.11. The minimum Gasteiger partial charge on any atom is -0.395 e. The number of nitrogens with zero attached hydrogens (tertiary/aromatic N) is 1. The number of aromatic nitrogens is 1. The van der Waals surface area contributed by atoms with Crippen molar-refractivity contribution in [3.8, 4) is 0 Å². The van der Waals surface area contributed by atoms with Crippen LogP contribution in [0.5, 0.6) is 0 Å². The molecule has 2 aromatic carbocycles. The maximum Gasteiger partial charge on any atom is 0.147 e. The van der Waals surface area contributed by atoms with Crippen molar-refractivity contribution in [2.75, 3.05) is 5.73 Å². The average Bonchev–Trinajstić information content (AvgIpc) is 3.13. The van der Waals surface area contributed by atoms with E-state index < -0.39 is 0 Å². The molecule has 0 spiro atoms. The monoisotopic (exact) mass is 290 g/mol. The van der Waals surface area contributed by atoms with E-state index in [1.54, 1.807) is 0 Å². The van der Waals surface area contributed by atoms with E-state index in [0.29, 0.717) is 11.6 Å². The molecule has 0 amide bonds. The Morgan fingerprint density at radius 2 is 1.73 bits per heavy atom. The van der Waals surface area contributed by atoms with Crippen molar-refractivity contribution in [2.24, 2.45) is 0 Å². The Bertz CT molecular complexity index is 779. The Hall–Kier alpha value is -2.55. The highest BCUT2D eigenvalue weighted by atomic mass is 16.5. The van der Waals surface area contributed by atoms with Gasteiger partial charge in [-0.2, -0.15) is 0 Å². The van der Waals surface area contributed by atoms with Crippen LogP contribution in [0.1, 0.15) is 40.6 Å². The van der Waals surface area contributed by atoms with Gasteiger partial charge in [-0.1, -0.05) is 59.8 Å². The molecule has 110 valence electrons. The predicted octanol–water partition coefficient (Wildman–Crippen LogP) is 4.12. The van der Waals surface area contributed by atoms with E-state index in [1.165, 1.54) is 23.0 Å². The maximum absolute atomic E-state index is 6.02. The van der Waals surface area contributed by atoms with Gasteiger partial charge in [0.2, 0.25) is 0 Å². The van der Waals surface area contributed by atoms with Crippen LogP contribution >= 0.6 is 0 Å². The quantitative estimate of drug-likeness (QED) is 0.789. The summed E-state index contributed by atoms with van der Waals surface area (Å²) in [6.07, 6.45) is 3.61. The van der Waals surface area contributed by atoms with E-state index >= 15 is 0 Å². The summed E-state index contributed by atoms with van der Waals surface area (Å²) < 4.78 is 5.05. The Morgan fingerprint density at radius 3 is 2.45 bits per heavy atom. The van der Waals surface area contributed by atoms with Crippen molar-refractivity contribution in [1.82, 2.24) is 5.16 Å². The summed E-state index contributed by atoms with van der Waals surface area (Å²) >= 11 is 0. The van der Waals surface area contributed by atoms with Crippen LogP contribution in [0.15, 0.2) is 65.4 Å². The third-order valence-electron chi connectivity index (χ3n) is 4.61. The minimum atomic E-state index is 0.240. The zero-order valence-corrected chi connectivity index (χ0v) is 12.3. The maximum atomic E-state index is 6.02. The molecule has 1 aliphatic rings. The first-order valence-corrected chi connectivity index (χ1v) is 7.65. The van der Waals surface area contributed by atoms with Gasteiger partial charge in [-0.3, -0.25) is 0 Å². The molecule has 2 atom stereocenters. The van der Waals surface area contributed by atoms with Crippen molar-refractivity contribution in [2.45, 2.75) is 24.7 Å². The van der Waals surface area contributed by atoms with Gasteiger partial charge >= 0.3 is 0 Å². The van der Waals surface area contributed by atoms with Gasteiger partial charge in [0.1, 0.15) is 12.0 Å². The van der Waals surface area contributed by atoms with Gasteiger partial charge in [0.25, 0.3) is 0 Å². The Kier molecular flexibility index (Phi) is 3.19. The molecule has 0 radical (unpaired) electrons. The van der Waals surface area contributed by atoms with Crippen molar-refractivity contribution in [1.29, 1.82) is 0 Å². The van der Waals surface area contributed by atoms with Gasteiger partial charge in [0.05, 0.1) is 5.69 Å². The molecule has 22 heavy (non-hydrogen) atoms. The van der Waals surface area contributed by atoms with Gasteiger partial charge in [-0.15, -0.1) is 0 Å². The first kappa shape index (κ1) is 13.1. The van der Waals surface area contributed by atoms with Crippen molar-refractivity contribution >= 4 is 5.69 Å². The third-order valence-corrected chi connectivity index (χ3v) is 4.61. The standard InChI is InChI=1S/C19H18N2O/c20-18-12-22-21-19(18)17-11-14(10-13-6-2-1-3-7-13)15-8-4-5-9-16(15)17/h1-9,12,14,17H,10-11,20H2. The highest BCUT2D eigenvalue weighted by Gasteiger charge is 2.34. The lowest BCUT2D eigenvalue weighted by molar-refractivity contribution is 0.407. The molecule has 1 aromatic heterocycles. The number of nitrogen functional groups attached to an aromatic ring is 1. The topological polar surface area (TPSA) is 52.0 Å². The van der Waals surface area contributed by atoms with Crippen LogP contribution in [-0.4, -0.2) is 5.16 Å². The van der Waals surface area contributed by atoms with Crippen LogP contribution in [0.25, 0.3) is 0 Å². The molecule has 2 unspecified atom stereocenters. The molecule has 2 N–H and O–H groups in total. The molecule has 0 bridgehead atoms. The molecule has 3 nitrogen and oxygen atoms in total. The summed E-state index contributed by atoms with van der Waals surface area (Å²) in [5.41, 5.74) is 11.7. The molecular formula is C19H18N2O. The van der Waals surface area contributed by atoms with E-state index in [9.17, 15) is 0 Å². The summed E-state index contributed by atoms with van der Waals surface area (Å²) in [5, 5.41) is 4.14. The number of hydrogen-bond donors (Lipinski definition) is 1. The number of anilines is 1. The zero-order chi connectivity index (χ0) is 14.9. The van der Waals surface area contributed by atoms with Crippen LogP contribution in [0.2, 0.25) is 0 Å². The second kappa shape index (κ2) is 5.34. The van der Waals surface area contributed by atoms with Gasteiger partial charge in [-0.25, -0.2) is 0 Å². The fourth-order valence-corrected chi connectivity index (χ4v) is 3.61. The molecule has 0 aliphatic heterocycles. The molecule has 3 heteroatoms. The van der Waals surface area contributed by atoms with Gasteiger partial charge < -0.3 is 10.3 Å². The van der Waals surface area contributed by atoms with E-state index in [2.05, 4.69) is 59.8 Å². The van der Waals surface area contributed by atoms with Crippen molar-refractivity contribution in [3.63, 3.8) is 0 Å².